The summed E-state index contributed by atoms with van der Waals surface area (Å²) in [7, 11) is 6.14. The van der Waals surface area contributed by atoms with Crippen LogP contribution in [0.2, 0.25) is 0 Å². The van der Waals surface area contributed by atoms with Crippen molar-refractivity contribution in [2.24, 2.45) is 0 Å². The van der Waals surface area contributed by atoms with Crippen LogP contribution in [0.1, 0.15) is 30.5 Å². The Morgan fingerprint density at radius 3 is 2.38 bits per heavy atom. The molecule has 1 aliphatic carbocycles. The smallest absolute Gasteiger partial charge is 0.261 e. The molecular formula is C27H29N5O7. The Morgan fingerprint density at radius 2 is 1.74 bits per heavy atom. The van der Waals surface area contributed by atoms with Gasteiger partial charge in [0.1, 0.15) is 5.39 Å². The summed E-state index contributed by atoms with van der Waals surface area (Å²) in [6, 6.07) is 6.57. The van der Waals surface area contributed by atoms with Gasteiger partial charge in [0.05, 0.1) is 47.0 Å². The molecule has 12 nitrogen and oxygen atoms in total. The molecule has 2 aromatic heterocycles. The lowest BCUT2D eigenvalue weighted by atomic mass is 9.95. The van der Waals surface area contributed by atoms with Crippen LogP contribution in [-0.2, 0) is 11.2 Å². The number of aromatic amines is 2. The van der Waals surface area contributed by atoms with Gasteiger partial charge in [-0.2, -0.15) is 5.10 Å². The molecule has 0 unspecified atom stereocenters. The van der Waals surface area contributed by atoms with E-state index in [2.05, 4.69) is 25.5 Å². The van der Waals surface area contributed by atoms with Crippen LogP contribution in [0.3, 0.4) is 0 Å². The molecule has 0 fully saturated rings. The van der Waals surface area contributed by atoms with Gasteiger partial charge in [0.25, 0.3) is 5.56 Å². The lowest BCUT2D eigenvalue weighted by Gasteiger charge is -2.19. The number of ether oxygens (including phenoxy) is 4. The maximum atomic E-state index is 12.6. The number of carbonyl (C=O) groups is 1. The molecule has 2 heterocycles. The van der Waals surface area contributed by atoms with Crippen LogP contribution in [0.5, 0.6) is 23.0 Å². The molecule has 39 heavy (non-hydrogen) atoms. The fourth-order valence-corrected chi connectivity index (χ4v) is 4.64. The van der Waals surface area contributed by atoms with Gasteiger partial charge in [0.2, 0.25) is 17.1 Å². The summed E-state index contributed by atoms with van der Waals surface area (Å²) in [6.45, 7) is 1.46. The highest BCUT2D eigenvalue weighted by Gasteiger charge is 2.29. The second kappa shape index (κ2) is 11.7. The molecule has 1 amide bonds. The van der Waals surface area contributed by atoms with Crippen LogP contribution < -0.4 is 35.3 Å². The summed E-state index contributed by atoms with van der Waals surface area (Å²) in [4.78, 5) is 41.6. The van der Waals surface area contributed by atoms with E-state index in [0.717, 1.165) is 16.7 Å². The monoisotopic (exact) mass is 535 g/mol. The van der Waals surface area contributed by atoms with Crippen molar-refractivity contribution in [2.75, 3.05) is 28.4 Å². The highest BCUT2D eigenvalue weighted by molar-refractivity contribution is 5.83. The van der Waals surface area contributed by atoms with Gasteiger partial charge in [-0.15, -0.1) is 0 Å². The molecule has 0 saturated carbocycles. The molecule has 3 N–H and O–H groups in total. The van der Waals surface area contributed by atoms with Crippen molar-refractivity contribution < 1.29 is 23.7 Å². The first-order valence-electron chi connectivity index (χ1n) is 12.0. The number of amides is 1. The number of H-pyrrole nitrogens is 2. The van der Waals surface area contributed by atoms with Crippen molar-refractivity contribution in [1.29, 1.82) is 0 Å². The highest BCUT2D eigenvalue weighted by atomic mass is 16.5. The van der Waals surface area contributed by atoms with Crippen LogP contribution in [0.15, 0.2) is 46.4 Å². The van der Waals surface area contributed by atoms with Crippen LogP contribution in [0.4, 0.5) is 0 Å². The van der Waals surface area contributed by atoms with Crippen LogP contribution in [0.25, 0.3) is 22.2 Å². The Hall–Kier alpha value is -4.87. The summed E-state index contributed by atoms with van der Waals surface area (Å²) in [5.41, 5.74) is 3.36. The fraction of sp³-hybridized carbons (Fsp3) is 0.296. The standard InChI is InChI=1S/C22H25NO6.C5H4N4O/c1-12(24)23-16-8-6-13-10-19(27-3)21(28-4)22(29-5)20(13)14-7-9-18(26-2)17(25)11-15(14)16;10-5-3-1-8-9-4(3)6-2-7-5/h7,9-11,16H,6,8H2,1-5H3,(H,23,24);1-2H,(H2,6,7,8,9,10)/t16-;/m0./s1. The normalized spacial score (nSPS) is 13.6. The zero-order valence-electron chi connectivity index (χ0n) is 22.2. The summed E-state index contributed by atoms with van der Waals surface area (Å²) in [5.74, 6) is 1.60. The third kappa shape index (κ3) is 5.40. The van der Waals surface area contributed by atoms with Crippen LogP contribution in [-0.4, -0.2) is 54.5 Å². The molecular weight excluding hydrogens is 506 g/mol. The predicted octanol–water partition coefficient (Wildman–Crippen LogP) is 2.52. The molecule has 204 valence electrons. The number of carbonyl (C=O) groups excluding carboxylic acids is 1. The highest BCUT2D eigenvalue weighted by Crippen LogP contribution is 2.50. The average Bonchev–Trinajstić information content (AvgIpc) is 3.30. The van der Waals surface area contributed by atoms with Crippen LogP contribution in [0, 0.1) is 0 Å². The lowest BCUT2D eigenvalue weighted by Crippen LogP contribution is -2.26. The molecule has 5 rings (SSSR count). The van der Waals surface area contributed by atoms with Crippen molar-refractivity contribution >= 4 is 16.9 Å². The maximum Gasteiger partial charge on any atom is 0.261 e. The molecule has 0 radical (unpaired) electrons. The SMILES string of the molecule is COc1cc2c(c(OC)c1OC)-c1ccc(OC)c(=O)cc1[C@@H](NC(C)=O)CC2.O=c1[nH]cnc2[nH]ncc12. The van der Waals surface area contributed by atoms with Gasteiger partial charge in [-0.05, 0) is 47.7 Å². The minimum atomic E-state index is -0.332. The van der Waals surface area contributed by atoms with E-state index < -0.39 is 0 Å². The number of methoxy groups -OCH3 is 4. The minimum absolute atomic E-state index is 0.167. The van der Waals surface area contributed by atoms with Gasteiger partial charge >= 0.3 is 0 Å². The van der Waals surface area contributed by atoms with E-state index in [0.29, 0.717) is 46.7 Å². The van der Waals surface area contributed by atoms with Gasteiger partial charge in [-0.1, -0.05) is 6.07 Å². The van der Waals surface area contributed by atoms with Gasteiger partial charge in [-0.3, -0.25) is 19.5 Å². The van der Waals surface area contributed by atoms with Crippen molar-refractivity contribution in [3.63, 3.8) is 0 Å². The number of hydrogen-bond acceptors (Lipinski definition) is 9. The Kier molecular flexibility index (Phi) is 8.13. The van der Waals surface area contributed by atoms with E-state index in [1.807, 2.05) is 12.1 Å². The van der Waals surface area contributed by atoms with E-state index in [-0.39, 0.29) is 28.7 Å². The minimum Gasteiger partial charge on any atom is -0.493 e. The number of aromatic nitrogens is 4. The topological polar surface area (TPSA) is 158 Å². The molecule has 1 atom stereocenters. The van der Waals surface area contributed by atoms with E-state index in [4.69, 9.17) is 18.9 Å². The molecule has 0 saturated heterocycles. The number of nitrogens with zero attached hydrogens (tertiary/aromatic N) is 2. The summed E-state index contributed by atoms with van der Waals surface area (Å²) in [5, 5.41) is 9.69. The number of rotatable bonds is 5. The number of fused-ring (bicyclic) bond motifs is 4. The molecule has 0 spiro atoms. The molecule has 0 bridgehead atoms. The number of aryl methyl sites for hydroxylation is 1. The summed E-state index contributed by atoms with van der Waals surface area (Å²) >= 11 is 0. The van der Waals surface area contributed by atoms with E-state index in [1.54, 1.807) is 27.4 Å². The van der Waals surface area contributed by atoms with Gasteiger partial charge in [-0.25, -0.2) is 4.98 Å². The summed E-state index contributed by atoms with van der Waals surface area (Å²) in [6.07, 6.45) is 4.05. The number of hydrogen-bond donors (Lipinski definition) is 3. The van der Waals surface area contributed by atoms with Crippen molar-refractivity contribution in [1.82, 2.24) is 25.5 Å². The van der Waals surface area contributed by atoms with Crippen molar-refractivity contribution in [3.8, 4) is 34.1 Å². The zero-order chi connectivity index (χ0) is 28.1. The lowest BCUT2D eigenvalue weighted by molar-refractivity contribution is -0.119. The van der Waals surface area contributed by atoms with E-state index in [9.17, 15) is 14.4 Å². The maximum absolute atomic E-state index is 12.6. The van der Waals surface area contributed by atoms with E-state index >= 15 is 0 Å². The van der Waals surface area contributed by atoms with Crippen molar-refractivity contribution in [2.45, 2.75) is 25.8 Å². The average molecular weight is 536 g/mol. The third-order valence-corrected chi connectivity index (χ3v) is 6.35. The largest absolute Gasteiger partial charge is 0.493 e. The van der Waals surface area contributed by atoms with Gasteiger partial charge < -0.3 is 29.2 Å². The van der Waals surface area contributed by atoms with Crippen molar-refractivity contribution in [3.05, 3.63) is 68.5 Å². The Bertz CT molecular complexity index is 1630. The third-order valence-electron chi connectivity index (χ3n) is 6.35. The first kappa shape index (κ1) is 27.2. The molecule has 1 aliphatic rings. The van der Waals surface area contributed by atoms with Gasteiger partial charge in [0.15, 0.2) is 22.9 Å². The molecule has 2 aromatic carbocycles. The number of benzene rings is 1. The second-order valence-corrected chi connectivity index (χ2v) is 8.61. The Balaban J connectivity index is 0.000000292. The zero-order valence-corrected chi connectivity index (χ0v) is 22.2. The molecule has 4 aromatic rings. The first-order valence-corrected chi connectivity index (χ1v) is 12.0. The predicted molar refractivity (Wildman–Crippen MR) is 144 cm³/mol. The van der Waals surface area contributed by atoms with Crippen LogP contribution >= 0.6 is 0 Å². The molecule has 12 heteroatoms. The quantitative estimate of drug-likeness (QED) is 0.349. The molecule has 0 aliphatic heterocycles. The van der Waals surface area contributed by atoms with E-state index in [1.165, 1.54) is 32.6 Å². The Morgan fingerprint density at radius 1 is 1.00 bits per heavy atom. The Labute approximate surface area is 223 Å². The second-order valence-electron chi connectivity index (χ2n) is 8.61. The fourth-order valence-electron chi connectivity index (χ4n) is 4.64. The number of nitrogens with one attached hydrogen (secondary N) is 3. The van der Waals surface area contributed by atoms with Gasteiger partial charge in [0, 0.05) is 12.5 Å². The first-order chi connectivity index (χ1) is 18.8. The summed E-state index contributed by atoms with van der Waals surface area (Å²) < 4.78 is 22.0.